The van der Waals surface area contributed by atoms with E-state index in [9.17, 15) is 0 Å². The molecular formula is C15H23N3. The molecule has 0 amide bonds. The molecule has 0 bridgehead atoms. The lowest BCUT2D eigenvalue weighted by atomic mass is 9.92. The number of fused-ring (bicyclic) bond motifs is 1. The van der Waals surface area contributed by atoms with Crippen molar-refractivity contribution < 1.29 is 0 Å². The number of aromatic nitrogens is 1. The highest BCUT2D eigenvalue weighted by Gasteiger charge is 2.22. The van der Waals surface area contributed by atoms with Crippen molar-refractivity contribution >= 4 is 10.9 Å². The van der Waals surface area contributed by atoms with E-state index in [0.717, 1.165) is 6.42 Å². The van der Waals surface area contributed by atoms with Crippen molar-refractivity contribution in [1.29, 1.82) is 0 Å². The molecule has 0 spiro atoms. The second-order valence-electron chi connectivity index (χ2n) is 5.75. The molecule has 3 N–H and O–H groups in total. The SMILES string of the molecule is CNC(CC(C)(C)N)c1cn(C)c2ccccc12. The number of nitrogens with two attached hydrogens (primary N) is 1. The molecule has 1 heterocycles. The summed E-state index contributed by atoms with van der Waals surface area (Å²) in [6, 6.07) is 8.79. The zero-order chi connectivity index (χ0) is 13.3. The average Bonchev–Trinajstić information content (AvgIpc) is 2.63. The smallest absolute Gasteiger partial charge is 0.0481 e. The summed E-state index contributed by atoms with van der Waals surface area (Å²) >= 11 is 0. The van der Waals surface area contributed by atoms with E-state index in [-0.39, 0.29) is 11.6 Å². The molecule has 1 unspecified atom stereocenters. The van der Waals surface area contributed by atoms with Gasteiger partial charge in [0.15, 0.2) is 0 Å². The normalized spacial score (nSPS) is 14.1. The van der Waals surface area contributed by atoms with Crippen LogP contribution in [0.15, 0.2) is 30.5 Å². The molecule has 1 aromatic carbocycles. The Morgan fingerprint density at radius 2 is 2.00 bits per heavy atom. The second kappa shape index (κ2) is 4.75. The summed E-state index contributed by atoms with van der Waals surface area (Å²) in [5, 5.41) is 4.70. The fourth-order valence-electron chi connectivity index (χ4n) is 2.54. The summed E-state index contributed by atoms with van der Waals surface area (Å²) in [4.78, 5) is 0. The Morgan fingerprint density at radius 3 is 2.61 bits per heavy atom. The van der Waals surface area contributed by atoms with Crippen LogP contribution in [0.3, 0.4) is 0 Å². The van der Waals surface area contributed by atoms with Crippen LogP contribution in [0.25, 0.3) is 10.9 Å². The Balaban J connectivity index is 2.45. The van der Waals surface area contributed by atoms with Gasteiger partial charge in [-0.05, 0) is 38.9 Å². The Hall–Kier alpha value is -1.32. The summed E-state index contributed by atoms with van der Waals surface area (Å²) in [6.45, 7) is 4.14. The van der Waals surface area contributed by atoms with Gasteiger partial charge in [0.2, 0.25) is 0 Å². The van der Waals surface area contributed by atoms with Gasteiger partial charge in [0.25, 0.3) is 0 Å². The molecule has 0 aliphatic carbocycles. The molecule has 0 saturated heterocycles. The maximum atomic E-state index is 6.15. The quantitative estimate of drug-likeness (QED) is 0.869. The highest BCUT2D eigenvalue weighted by Crippen LogP contribution is 2.29. The van der Waals surface area contributed by atoms with Crippen LogP contribution in [0.2, 0.25) is 0 Å². The number of benzene rings is 1. The minimum Gasteiger partial charge on any atom is -0.350 e. The lowest BCUT2D eigenvalue weighted by Crippen LogP contribution is -2.36. The fraction of sp³-hybridized carbons (Fsp3) is 0.467. The van der Waals surface area contributed by atoms with Crippen LogP contribution in [-0.4, -0.2) is 17.2 Å². The van der Waals surface area contributed by atoms with Gasteiger partial charge in [-0.2, -0.15) is 0 Å². The Morgan fingerprint density at radius 1 is 1.33 bits per heavy atom. The molecule has 18 heavy (non-hydrogen) atoms. The van der Waals surface area contributed by atoms with Crippen molar-refractivity contribution in [3.63, 3.8) is 0 Å². The first-order valence-corrected chi connectivity index (χ1v) is 6.42. The van der Waals surface area contributed by atoms with Gasteiger partial charge >= 0.3 is 0 Å². The minimum absolute atomic E-state index is 0.176. The van der Waals surface area contributed by atoms with Gasteiger partial charge in [0.05, 0.1) is 0 Å². The molecule has 0 aliphatic rings. The largest absolute Gasteiger partial charge is 0.350 e. The number of nitrogens with zero attached hydrogens (tertiary/aromatic N) is 1. The average molecular weight is 245 g/mol. The summed E-state index contributed by atoms with van der Waals surface area (Å²) < 4.78 is 2.18. The van der Waals surface area contributed by atoms with Crippen molar-refractivity contribution in [3.8, 4) is 0 Å². The monoisotopic (exact) mass is 245 g/mol. The lowest BCUT2D eigenvalue weighted by Gasteiger charge is -2.25. The molecule has 0 aliphatic heterocycles. The van der Waals surface area contributed by atoms with Crippen LogP contribution < -0.4 is 11.1 Å². The maximum Gasteiger partial charge on any atom is 0.0481 e. The van der Waals surface area contributed by atoms with Crippen LogP contribution in [-0.2, 0) is 7.05 Å². The maximum absolute atomic E-state index is 6.15. The van der Waals surface area contributed by atoms with Gasteiger partial charge in [-0.1, -0.05) is 18.2 Å². The van der Waals surface area contributed by atoms with Crippen molar-refractivity contribution in [2.75, 3.05) is 7.05 Å². The number of hydrogen-bond donors (Lipinski definition) is 2. The van der Waals surface area contributed by atoms with Gasteiger partial charge in [-0.25, -0.2) is 0 Å². The van der Waals surface area contributed by atoms with Crippen molar-refractivity contribution in [2.45, 2.75) is 31.8 Å². The van der Waals surface area contributed by atoms with Gasteiger partial charge in [-0.15, -0.1) is 0 Å². The van der Waals surface area contributed by atoms with Crippen molar-refractivity contribution in [3.05, 3.63) is 36.0 Å². The summed E-state index contributed by atoms with van der Waals surface area (Å²) in [7, 11) is 4.09. The van der Waals surface area contributed by atoms with E-state index in [0.29, 0.717) is 0 Å². The van der Waals surface area contributed by atoms with Crippen LogP contribution in [0.1, 0.15) is 31.9 Å². The summed E-state index contributed by atoms with van der Waals surface area (Å²) in [6.07, 6.45) is 3.12. The van der Waals surface area contributed by atoms with Crippen molar-refractivity contribution in [2.24, 2.45) is 12.8 Å². The first-order valence-electron chi connectivity index (χ1n) is 6.42. The summed E-state index contributed by atoms with van der Waals surface area (Å²) in [5.41, 5.74) is 8.57. The third kappa shape index (κ3) is 2.57. The molecule has 1 atom stereocenters. The van der Waals surface area contributed by atoms with Gasteiger partial charge < -0.3 is 15.6 Å². The van der Waals surface area contributed by atoms with E-state index in [1.165, 1.54) is 16.5 Å². The summed E-state index contributed by atoms with van der Waals surface area (Å²) in [5.74, 6) is 0. The molecule has 98 valence electrons. The highest BCUT2D eigenvalue weighted by molar-refractivity contribution is 5.84. The van der Waals surface area contributed by atoms with Crippen LogP contribution >= 0.6 is 0 Å². The van der Waals surface area contributed by atoms with E-state index in [1.807, 2.05) is 7.05 Å². The molecule has 0 radical (unpaired) electrons. The van der Waals surface area contributed by atoms with Gasteiger partial charge in [0.1, 0.15) is 0 Å². The highest BCUT2D eigenvalue weighted by atomic mass is 14.9. The zero-order valence-corrected chi connectivity index (χ0v) is 11.7. The molecule has 3 heteroatoms. The van der Waals surface area contributed by atoms with Crippen LogP contribution in [0, 0.1) is 0 Å². The van der Waals surface area contributed by atoms with E-state index in [4.69, 9.17) is 5.73 Å². The van der Waals surface area contributed by atoms with E-state index in [2.05, 4.69) is 61.2 Å². The predicted molar refractivity (Wildman–Crippen MR) is 77.6 cm³/mol. The molecular weight excluding hydrogens is 222 g/mol. The van der Waals surface area contributed by atoms with Gasteiger partial charge in [0, 0.05) is 35.7 Å². The third-order valence-corrected chi connectivity index (χ3v) is 3.38. The first kappa shape index (κ1) is 13.1. The number of aryl methyl sites for hydroxylation is 1. The lowest BCUT2D eigenvalue weighted by molar-refractivity contribution is 0.397. The topological polar surface area (TPSA) is 43.0 Å². The minimum atomic E-state index is -0.176. The van der Waals surface area contributed by atoms with Crippen LogP contribution in [0.4, 0.5) is 0 Å². The molecule has 0 fully saturated rings. The van der Waals surface area contributed by atoms with Gasteiger partial charge in [-0.3, -0.25) is 0 Å². The molecule has 3 nitrogen and oxygen atoms in total. The third-order valence-electron chi connectivity index (χ3n) is 3.38. The molecule has 2 rings (SSSR count). The number of nitrogens with one attached hydrogen (secondary N) is 1. The van der Waals surface area contributed by atoms with Crippen LogP contribution in [0.5, 0.6) is 0 Å². The number of rotatable bonds is 4. The number of hydrogen-bond acceptors (Lipinski definition) is 2. The Labute approximate surface area is 109 Å². The van der Waals surface area contributed by atoms with E-state index in [1.54, 1.807) is 0 Å². The first-order chi connectivity index (χ1) is 8.42. The van der Waals surface area contributed by atoms with E-state index >= 15 is 0 Å². The Kier molecular flexibility index (Phi) is 3.46. The standard InChI is InChI=1S/C15H23N3/c1-15(2,16)9-13(17-3)12-10-18(4)14-8-6-5-7-11(12)14/h5-8,10,13,17H,9,16H2,1-4H3. The zero-order valence-electron chi connectivity index (χ0n) is 11.7. The molecule has 2 aromatic rings. The second-order valence-corrected chi connectivity index (χ2v) is 5.75. The number of para-hydroxylation sites is 1. The predicted octanol–water partition coefficient (Wildman–Crippen LogP) is 2.57. The Bertz CT molecular complexity index is 534. The fourth-order valence-corrected chi connectivity index (χ4v) is 2.54. The van der Waals surface area contributed by atoms with Crippen molar-refractivity contribution in [1.82, 2.24) is 9.88 Å². The molecule has 0 saturated carbocycles. The molecule has 1 aromatic heterocycles. The van der Waals surface area contributed by atoms with E-state index < -0.39 is 0 Å².